The Morgan fingerprint density at radius 1 is 0.947 bits per heavy atom. The summed E-state index contributed by atoms with van der Waals surface area (Å²) in [6.07, 6.45) is 7.84. The van der Waals surface area contributed by atoms with Crippen LogP contribution in [0.15, 0.2) is 0 Å². The second kappa shape index (κ2) is 11.7. The fourth-order valence-electron chi connectivity index (χ4n) is 3.11. The van der Waals surface area contributed by atoms with E-state index in [1.165, 1.54) is 45.1 Å². The number of hydrogen-bond donors (Lipinski definition) is 1. The molecule has 2 nitrogen and oxygen atoms in total. The molecule has 0 saturated heterocycles. The first-order valence-electron chi connectivity index (χ1n) is 8.61. The summed E-state index contributed by atoms with van der Waals surface area (Å²) in [6.45, 7) is 16.2. The van der Waals surface area contributed by atoms with E-state index in [-0.39, 0.29) is 0 Å². The number of rotatable bonds is 12. The third-order valence-electron chi connectivity index (χ3n) is 4.06. The predicted octanol–water partition coefficient (Wildman–Crippen LogP) is 4.44. The molecular weight excluding hydrogens is 232 g/mol. The van der Waals surface area contributed by atoms with Crippen molar-refractivity contribution in [2.75, 3.05) is 13.1 Å². The molecule has 2 atom stereocenters. The molecule has 0 bridgehead atoms. The first-order valence-corrected chi connectivity index (χ1v) is 8.61. The highest BCUT2D eigenvalue weighted by Crippen LogP contribution is 2.18. The highest BCUT2D eigenvalue weighted by atomic mass is 15.2. The number of hydrogen-bond acceptors (Lipinski definition) is 2. The Balaban J connectivity index is 4.67. The SMILES string of the molecule is CCCCCN(C(C)C)C(CC)C(CCC)NCC. The van der Waals surface area contributed by atoms with Crippen molar-refractivity contribution >= 4 is 0 Å². The van der Waals surface area contributed by atoms with Crippen LogP contribution in [0, 0.1) is 0 Å². The standard InChI is InChI=1S/C17H38N2/c1-7-11-12-14-19(15(5)6)17(9-3)16(13-8-2)18-10-4/h15-18H,7-14H2,1-6H3. The van der Waals surface area contributed by atoms with Gasteiger partial charge in [-0.25, -0.2) is 0 Å². The lowest BCUT2D eigenvalue weighted by Crippen LogP contribution is -2.52. The van der Waals surface area contributed by atoms with E-state index >= 15 is 0 Å². The van der Waals surface area contributed by atoms with E-state index in [4.69, 9.17) is 0 Å². The van der Waals surface area contributed by atoms with Crippen LogP contribution < -0.4 is 5.32 Å². The maximum atomic E-state index is 3.72. The zero-order valence-corrected chi connectivity index (χ0v) is 14.3. The molecule has 0 aromatic rings. The van der Waals surface area contributed by atoms with Gasteiger partial charge in [-0.2, -0.15) is 0 Å². The van der Waals surface area contributed by atoms with Gasteiger partial charge < -0.3 is 5.32 Å². The molecule has 2 unspecified atom stereocenters. The first-order chi connectivity index (χ1) is 9.12. The Morgan fingerprint density at radius 3 is 2.05 bits per heavy atom. The summed E-state index contributed by atoms with van der Waals surface area (Å²) in [5.74, 6) is 0. The normalized spacial score (nSPS) is 15.2. The Bertz CT molecular complexity index is 186. The molecule has 0 aliphatic rings. The fraction of sp³-hybridized carbons (Fsp3) is 1.00. The van der Waals surface area contributed by atoms with Crippen LogP contribution in [-0.4, -0.2) is 36.1 Å². The van der Waals surface area contributed by atoms with E-state index in [2.05, 4.69) is 51.8 Å². The number of unbranched alkanes of at least 4 members (excludes halogenated alkanes) is 2. The Morgan fingerprint density at radius 2 is 1.63 bits per heavy atom. The van der Waals surface area contributed by atoms with Crippen molar-refractivity contribution in [3.05, 3.63) is 0 Å². The van der Waals surface area contributed by atoms with Crippen LogP contribution in [-0.2, 0) is 0 Å². The average Bonchev–Trinajstić information content (AvgIpc) is 2.38. The molecule has 1 N–H and O–H groups in total. The summed E-state index contributed by atoms with van der Waals surface area (Å²) in [7, 11) is 0. The van der Waals surface area contributed by atoms with Gasteiger partial charge in [0.1, 0.15) is 0 Å². The summed E-state index contributed by atoms with van der Waals surface area (Å²) in [6, 6.07) is 2.00. The van der Waals surface area contributed by atoms with Gasteiger partial charge in [0.15, 0.2) is 0 Å². The van der Waals surface area contributed by atoms with E-state index < -0.39 is 0 Å². The summed E-state index contributed by atoms with van der Waals surface area (Å²) in [5.41, 5.74) is 0. The van der Waals surface area contributed by atoms with E-state index in [0.29, 0.717) is 18.1 Å². The molecule has 19 heavy (non-hydrogen) atoms. The summed E-state index contributed by atoms with van der Waals surface area (Å²) < 4.78 is 0. The maximum Gasteiger partial charge on any atom is 0.0249 e. The molecule has 0 aromatic carbocycles. The number of nitrogens with zero attached hydrogens (tertiary/aromatic N) is 1. The minimum Gasteiger partial charge on any atom is -0.313 e. The zero-order chi connectivity index (χ0) is 14.7. The second-order valence-corrected chi connectivity index (χ2v) is 5.97. The highest BCUT2D eigenvalue weighted by Gasteiger charge is 2.26. The van der Waals surface area contributed by atoms with Gasteiger partial charge >= 0.3 is 0 Å². The maximum absolute atomic E-state index is 3.72. The van der Waals surface area contributed by atoms with E-state index in [9.17, 15) is 0 Å². The minimum atomic E-state index is 0.653. The van der Waals surface area contributed by atoms with Gasteiger partial charge in [-0.05, 0) is 46.2 Å². The van der Waals surface area contributed by atoms with Crippen molar-refractivity contribution in [3.8, 4) is 0 Å². The van der Waals surface area contributed by atoms with Gasteiger partial charge in [-0.3, -0.25) is 4.90 Å². The molecule has 0 saturated carbocycles. The van der Waals surface area contributed by atoms with Crippen molar-refractivity contribution in [2.45, 2.75) is 98.2 Å². The summed E-state index contributed by atoms with van der Waals surface area (Å²) in [4.78, 5) is 2.73. The third kappa shape index (κ3) is 7.31. The lowest BCUT2D eigenvalue weighted by atomic mass is 9.97. The Hall–Kier alpha value is -0.0800. The minimum absolute atomic E-state index is 0.653. The molecule has 2 heteroatoms. The van der Waals surface area contributed by atoms with E-state index in [1.807, 2.05) is 0 Å². The molecular formula is C17H38N2. The van der Waals surface area contributed by atoms with Crippen molar-refractivity contribution in [1.29, 1.82) is 0 Å². The Labute approximate surface area is 122 Å². The molecule has 0 aliphatic carbocycles. The average molecular weight is 271 g/mol. The molecule has 0 spiro atoms. The molecule has 0 rings (SSSR count). The summed E-state index contributed by atoms with van der Waals surface area (Å²) in [5, 5.41) is 3.72. The molecule has 0 heterocycles. The van der Waals surface area contributed by atoms with Crippen molar-refractivity contribution in [1.82, 2.24) is 10.2 Å². The molecule has 116 valence electrons. The lowest BCUT2D eigenvalue weighted by Gasteiger charge is -2.40. The van der Waals surface area contributed by atoms with Crippen molar-refractivity contribution in [2.24, 2.45) is 0 Å². The zero-order valence-electron chi connectivity index (χ0n) is 14.3. The largest absolute Gasteiger partial charge is 0.313 e. The first kappa shape index (κ1) is 18.9. The predicted molar refractivity (Wildman–Crippen MR) is 87.8 cm³/mol. The van der Waals surface area contributed by atoms with E-state index in [0.717, 1.165) is 6.54 Å². The monoisotopic (exact) mass is 270 g/mol. The Kier molecular flexibility index (Phi) is 11.7. The number of likely N-dealkylation sites (N-methyl/N-ethyl adjacent to an activating group) is 1. The van der Waals surface area contributed by atoms with Crippen LogP contribution in [0.1, 0.15) is 80.1 Å². The number of nitrogens with one attached hydrogen (secondary N) is 1. The summed E-state index contributed by atoms with van der Waals surface area (Å²) >= 11 is 0. The second-order valence-electron chi connectivity index (χ2n) is 5.97. The molecule has 0 fully saturated rings. The van der Waals surface area contributed by atoms with E-state index in [1.54, 1.807) is 0 Å². The van der Waals surface area contributed by atoms with Crippen LogP contribution >= 0.6 is 0 Å². The van der Waals surface area contributed by atoms with Gasteiger partial charge in [-0.1, -0.05) is 47.0 Å². The third-order valence-corrected chi connectivity index (χ3v) is 4.06. The molecule has 0 amide bonds. The van der Waals surface area contributed by atoms with Crippen LogP contribution in [0.2, 0.25) is 0 Å². The smallest absolute Gasteiger partial charge is 0.0249 e. The quantitative estimate of drug-likeness (QED) is 0.527. The molecule has 0 radical (unpaired) electrons. The van der Waals surface area contributed by atoms with Crippen LogP contribution in [0.3, 0.4) is 0 Å². The van der Waals surface area contributed by atoms with Gasteiger partial charge in [0.2, 0.25) is 0 Å². The van der Waals surface area contributed by atoms with Crippen LogP contribution in [0.25, 0.3) is 0 Å². The van der Waals surface area contributed by atoms with Crippen LogP contribution in [0.5, 0.6) is 0 Å². The highest BCUT2D eigenvalue weighted by molar-refractivity contribution is 4.85. The lowest BCUT2D eigenvalue weighted by molar-refractivity contribution is 0.110. The van der Waals surface area contributed by atoms with Gasteiger partial charge in [-0.15, -0.1) is 0 Å². The van der Waals surface area contributed by atoms with Crippen molar-refractivity contribution < 1.29 is 0 Å². The fourth-order valence-corrected chi connectivity index (χ4v) is 3.11. The molecule has 0 aromatic heterocycles. The van der Waals surface area contributed by atoms with Gasteiger partial charge in [0, 0.05) is 18.1 Å². The van der Waals surface area contributed by atoms with Gasteiger partial charge in [0.25, 0.3) is 0 Å². The van der Waals surface area contributed by atoms with Gasteiger partial charge in [0.05, 0.1) is 0 Å². The molecule has 0 aliphatic heterocycles. The van der Waals surface area contributed by atoms with Crippen LogP contribution in [0.4, 0.5) is 0 Å². The van der Waals surface area contributed by atoms with Crippen molar-refractivity contribution in [3.63, 3.8) is 0 Å². The topological polar surface area (TPSA) is 15.3 Å².